The van der Waals surface area contributed by atoms with Crippen molar-refractivity contribution in [1.82, 2.24) is 14.8 Å². The molecule has 132 valence electrons. The van der Waals surface area contributed by atoms with E-state index in [0.29, 0.717) is 54.7 Å². The van der Waals surface area contributed by atoms with E-state index in [1.54, 1.807) is 6.07 Å². The maximum Gasteiger partial charge on any atom is 0.257 e. The molecule has 1 aromatic rings. The summed E-state index contributed by atoms with van der Waals surface area (Å²) in [4.78, 5) is 19.8. The van der Waals surface area contributed by atoms with Crippen LogP contribution >= 0.6 is 0 Å². The minimum Gasteiger partial charge on any atom is -0.486 e. The lowest BCUT2D eigenvalue weighted by atomic mass is 10.1. The summed E-state index contributed by atoms with van der Waals surface area (Å²) in [6.45, 7) is 5.26. The molecule has 2 aliphatic heterocycles. The highest BCUT2D eigenvalue weighted by Gasteiger charge is 2.27. The predicted molar refractivity (Wildman–Crippen MR) is 91.7 cm³/mol. The van der Waals surface area contributed by atoms with Gasteiger partial charge in [0.1, 0.15) is 13.2 Å². The van der Waals surface area contributed by atoms with Gasteiger partial charge in [0.15, 0.2) is 5.75 Å². The number of nitrogens with one attached hydrogen (secondary N) is 1. The summed E-state index contributed by atoms with van der Waals surface area (Å²) >= 11 is 0. The van der Waals surface area contributed by atoms with Gasteiger partial charge in [-0.15, -0.1) is 0 Å². The molecule has 1 aromatic heterocycles. The Labute approximate surface area is 142 Å². The molecule has 1 amide bonds. The second-order valence-electron chi connectivity index (χ2n) is 6.66. The van der Waals surface area contributed by atoms with Crippen LogP contribution in [0, 0.1) is 6.92 Å². The van der Waals surface area contributed by atoms with Crippen LogP contribution in [0.25, 0.3) is 0 Å². The number of aromatic nitrogens is 1. The van der Waals surface area contributed by atoms with Crippen LogP contribution in [0.15, 0.2) is 6.07 Å². The number of hydrogen-bond acceptors (Lipinski definition) is 6. The predicted octanol–water partition coefficient (Wildman–Crippen LogP) is 1.12. The number of likely N-dealkylation sites (N-methyl/N-ethyl adjacent to an activating group) is 2. The average Bonchev–Trinajstić information content (AvgIpc) is 2.55. The maximum absolute atomic E-state index is 10.8. The number of likely N-dealkylation sites (tertiary alicyclic amines) is 2. The van der Waals surface area contributed by atoms with E-state index >= 15 is 0 Å². The second kappa shape index (κ2) is 7.36. The number of carbonyl (C=O) groups is 1. The highest BCUT2D eigenvalue weighted by atomic mass is 16.5. The van der Waals surface area contributed by atoms with Gasteiger partial charge in [-0.2, -0.15) is 0 Å². The number of anilines is 1. The number of rotatable bonds is 8. The molecule has 3 rings (SSSR count). The van der Waals surface area contributed by atoms with Crippen LogP contribution in [-0.2, 0) is 4.79 Å². The standard InChI is InChI=1S/C17H26N4O3/c1-12-15(18-11-22)8-16(23-9-13-4-6-20(13)2)17(19-12)24-10-14-5-7-21(14)3/h8,11,13-14H,4-7,9-10H2,1-3H3,(H,18,22)/t13-,14-/m0/s1. The Balaban J connectivity index is 1.70. The third kappa shape index (κ3) is 3.62. The molecule has 2 atom stereocenters. The minimum absolute atomic E-state index is 0.430. The van der Waals surface area contributed by atoms with E-state index in [4.69, 9.17) is 9.47 Å². The van der Waals surface area contributed by atoms with Crippen LogP contribution < -0.4 is 14.8 Å². The number of pyridine rings is 1. The summed E-state index contributed by atoms with van der Waals surface area (Å²) in [6, 6.07) is 2.67. The Hall–Kier alpha value is -1.86. The topological polar surface area (TPSA) is 66.9 Å². The fourth-order valence-corrected chi connectivity index (χ4v) is 2.90. The Bertz CT molecular complexity index is 595. The number of ether oxygens (including phenoxy) is 2. The van der Waals surface area contributed by atoms with Gasteiger partial charge in [-0.1, -0.05) is 0 Å². The fraction of sp³-hybridized carbons (Fsp3) is 0.647. The fourth-order valence-electron chi connectivity index (χ4n) is 2.90. The monoisotopic (exact) mass is 334 g/mol. The summed E-state index contributed by atoms with van der Waals surface area (Å²) in [5.41, 5.74) is 1.36. The number of hydrogen-bond donors (Lipinski definition) is 1. The molecule has 0 aliphatic carbocycles. The quantitative estimate of drug-likeness (QED) is 0.719. The molecular formula is C17H26N4O3. The lowest BCUT2D eigenvalue weighted by molar-refractivity contribution is -0.105. The Morgan fingerprint density at radius 2 is 1.83 bits per heavy atom. The van der Waals surface area contributed by atoms with Crippen molar-refractivity contribution in [2.75, 3.05) is 45.7 Å². The van der Waals surface area contributed by atoms with E-state index in [0.717, 1.165) is 25.9 Å². The smallest absolute Gasteiger partial charge is 0.257 e. The van der Waals surface area contributed by atoms with Crippen molar-refractivity contribution < 1.29 is 14.3 Å². The van der Waals surface area contributed by atoms with E-state index in [-0.39, 0.29) is 0 Å². The zero-order valence-electron chi connectivity index (χ0n) is 14.6. The van der Waals surface area contributed by atoms with E-state index in [2.05, 4.69) is 34.2 Å². The maximum atomic E-state index is 10.8. The zero-order valence-corrected chi connectivity index (χ0v) is 14.6. The van der Waals surface area contributed by atoms with Gasteiger partial charge in [0, 0.05) is 18.2 Å². The van der Waals surface area contributed by atoms with E-state index < -0.39 is 0 Å². The first-order chi connectivity index (χ1) is 11.6. The van der Waals surface area contributed by atoms with Gasteiger partial charge in [0.2, 0.25) is 6.41 Å². The van der Waals surface area contributed by atoms with E-state index in [9.17, 15) is 4.79 Å². The van der Waals surface area contributed by atoms with Gasteiger partial charge >= 0.3 is 0 Å². The largest absolute Gasteiger partial charge is 0.486 e. The van der Waals surface area contributed by atoms with Crippen molar-refractivity contribution in [1.29, 1.82) is 0 Å². The van der Waals surface area contributed by atoms with Crippen molar-refractivity contribution in [3.63, 3.8) is 0 Å². The summed E-state index contributed by atoms with van der Waals surface area (Å²) in [6.07, 6.45) is 2.93. The van der Waals surface area contributed by atoms with Gasteiger partial charge < -0.3 is 14.8 Å². The summed E-state index contributed by atoms with van der Waals surface area (Å²) in [5, 5.41) is 2.66. The first-order valence-electron chi connectivity index (χ1n) is 8.46. The minimum atomic E-state index is 0.430. The van der Waals surface area contributed by atoms with Crippen LogP contribution in [0.1, 0.15) is 18.5 Å². The molecular weight excluding hydrogens is 308 g/mol. The normalized spacial score (nSPS) is 24.0. The van der Waals surface area contributed by atoms with Crippen molar-refractivity contribution >= 4 is 12.1 Å². The highest BCUT2D eigenvalue weighted by Crippen LogP contribution is 2.32. The summed E-state index contributed by atoms with van der Waals surface area (Å²) in [7, 11) is 4.19. The van der Waals surface area contributed by atoms with Crippen LogP contribution in [0.4, 0.5) is 5.69 Å². The van der Waals surface area contributed by atoms with Crippen molar-refractivity contribution in [3.05, 3.63) is 11.8 Å². The first-order valence-corrected chi connectivity index (χ1v) is 8.46. The van der Waals surface area contributed by atoms with Crippen molar-refractivity contribution in [2.45, 2.75) is 31.8 Å². The zero-order chi connectivity index (χ0) is 17.1. The molecule has 0 radical (unpaired) electrons. The summed E-state index contributed by atoms with van der Waals surface area (Å²) in [5.74, 6) is 1.10. The van der Waals surface area contributed by atoms with Crippen LogP contribution in [0.5, 0.6) is 11.6 Å². The molecule has 1 N–H and O–H groups in total. The first kappa shape index (κ1) is 17.0. The van der Waals surface area contributed by atoms with Gasteiger partial charge in [-0.25, -0.2) is 4.98 Å². The Morgan fingerprint density at radius 1 is 1.21 bits per heavy atom. The van der Waals surface area contributed by atoms with Crippen LogP contribution in [0.3, 0.4) is 0 Å². The number of aryl methyl sites for hydroxylation is 1. The third-order valence-electron chi connectivity index (χ3n) is 5.08. The molecule has 0 bridgehead atoms. The molecule has 2 saturated heterocycles. The van der Waals surface area contributed by atoms with Crippen LogP contribution in [0.2, 0.25) is 0 Å². The van der Waals surface area contributed by atoms with Gasteiger partial charge in [-0.3, -0.25) is 14.6 Å². The van der Waals surface area contributed by atoms with Crippen molar-refractivity contribution in [3.8, 4) is 11.6 Å². The number of amides is 1. The SMILES string of the molecule is Cc1nc(OC[C@@H]2CCN2C)c(OC[C@@H]2CCN2C)cc1NC=O. The molecule has 2 fully saturated rings. The molecule has 7 heteroatoms. The van der Waals surface area contributed by atoms with Gasteiger partial charge in [0.05, 0.1) is 11.4 Å². The van der Waals surface area contributed by atoms with Gasteiger partial charge in [0.25, 0.3) is 5.88 Å². The summed E-state index contributed by atoms with van der Waals surface area (Å²) < 4.78 is 11.9. The molecule has 24 heavy (non-hydrogen) atoms. The Morgan fingerprint density at radius 3 is 2.33 bits per heavy atom. The molecule has 2 aliphatic rings. The Kier molecular flexibility index (Phi) is 5.20. The third-order valence-corrected chi connectivity index (χ3v) is 5.08. The number of carbonyl (C=O) groups excluding carboxylic acids is 1. The molecule has 7 nitrogen and oxygen atoms in total. The molecule has 0 saturated carbocycles. The van der Waals surface area contributed by atoms with E-state index in [1.807, 2.05) is 6.92 Å². The van der Waals surface area contributed by atoms with Crippen LogP contribution in [-0.4, -0.2) is 73.7 Å². The molecule has 0 unspecified atom stereocenters. The molecule has 3 heterocycles. The van der Waals surface area contributed by atoms with Crippen molar-refractivity contribution in [2.24, 2.45) is 0 Å². The van der Waals surface area contributed by atoms with E-state index in [1.165, 1.54) is 0 Å². The highest BCUT2D eigenvalue weighted by molar-refractivity contribution is 5.73. The average molecular weight is 334 g/mol. The lowest BCUT2D eigenvalue weighted by Crippen LogP contribution is -2.48. The second-order valence-corrected chi connectivity index (χ2v) is 6.66. The number of nitrogens with zero attached hydrogens (tertiary/aromatic N) is 3. The molecule has 0 spiro atoms. The van der Waals surface area contributed by atoms with Gasteiger partial charge in [-0.05, 0) is 47.0 Å². The molecule has 0 aromatic carbocycles. The lowest BCUT2D eigenvalue weighted by Gasteiger charge is -2.38.